The molecule has 4 nitrogen and oxygen atoms in total. The van der Waals surface area contributed by atoms with Crippen LogP contribution in [0.5, 0.6) is 0 Å². The van der Waals surface area contributed by atoms with E-state index in [0.29, 0.717) is 13.1 Å². The summed E-state index contributed by atoms with van der Waals surface area (Å²) >= 11 is 0. The van der Waals surface area contributed by atoms with Gasteiger partial charge in [0, 0.05) is 13.1 Å². The second kappa shape index (κ2) is 2.17. The van der Waals surface area contributed by atoms with E-state index in [1.54, 1.807) is 0 Å². The molecule has 2 aliphatic rings. The summed E-state index contributed by atoms with van der Waals surface area (Å²) in [6.07, 6.45) is -1.79. The number of morpholine rings is 1. The van der Waals surface area contributed by atoms with Crippen LogP contribution >= 0.6 is 0 Å². The molecule has 2 fully saturated rings. The van der Waals surface area contributed by atoms with Crippen LogP contribution in [0.15, 0.2) is 0 Å². The first-order valence-corrected chi connectivity index (χ1v) is 3.51. The molecular weight excluding hydrogens is 134 g/mol. The summed E-state index contributed by atoms with van der Waals surface area (Å²) in [5.74, 6) is 0. The molecule has 2 saturated heterocycles. The lowest BCUT2D eigenvalue weighted by molar-refractivity contribution is -0.0151. The maximum Gasteiger partial charge on any atom is 0.110 e. The first-order valence-electron chi connectivity index (χ1n) is 3.51. The normalized spacial score (nSPS) is 53.4. The number of hydrogen-bond acceptors (Lipinski definition) is 4. The average molecular weight is 145 g/mol. The molecule has 0 aromatic rings. The minimum atomic E-state index is -0.694. The van der Waals surface area contributed by atoms with Crippen LogP contribution in [-0.2, 0) is 4.74 Å². The van der Waals surface area contributed by atoms with Gasteiger partial charge in [0.2, 0.25) is 0 Å². The Balaban J connectivity index is 2.13. The van der Waals surface area contributed by atoms with Crippen molar-refractivity contribution in [2.75, 3.05) is 13.1 Å². The largest absolute Gasteiger partial charge is 0.388 e. The summed E-state index contributed by atoms with van der Waals surface area (Å²) in [6, 6.07) is 0. The van der Waals surface area contributed by atoms with Crippen LogP contribution in [0.3, 0.4) is 0 Å². The van der Waals surface area contributed by atoms with Gasteiger partial charge in [-0.2, -0.15) is 0 Å². The molecule has 58 valence electrons. The highest BCUT2D eigenvalue weighted by Gasteiger charge is 2.44. The van der Waals surface area contributed by atoms with Gasteiger partial charge in [-0.05, 0) is 0 Å². The Morgan fingerprint density at radius 1 is 1.10 bits per heavy atom. The van der Waals surface area contributed by atoms with E-state index in [1.807, 2.05) is 0 Å². The van der Waals surface area contributed by atoms with Crippen molar-refractivity contribution in [2.45, 2.75) is 24.4 Å². The molecule has 0 aliphatic carbocycles. The summed E-state index contributed by atoms with van der Waals surface area (Å²) in [6.45, 7) is 1.30. The molecule has 2 aliphatic heterocycles. The van der Waals surface area contributed by atoms with Crippen LogP contribution in [0.1, 0.15) is 0 Å². The van der Waals surface area contributed by atoms with E-state index in [0.717, 1.165) is 0 Å². The van der Waals surface area contributed by atoms with Crippen molar-refractivity contribution >= 4 is 0 Å². The summed E-state index contributed by atoms with van der Waals surface area (Å²) in [4.78, 5) is 0. The van der Waals surface area contributed by atoms with Gasteiger partial charge in [-0.25, -0.2) is 0 Å². The standard InChI is InChI=1S/C6H11NO3/c8-5-3-1-7-2-4(10-3)6(5)9/h3-9H,1-2H2/t3-,4+,5-,6+. The molecule has 0 radical (unpaired) electrons. The fourth-order valence-electron chi connectivity index (χ4n) is 1.53. The molecule has 0 aromatic carbocycles. The van der Waals surface area contributed by atoms with Gasteiger partial charge in [0.05, 0.1) is 12.2 Å². The first kappa shape index (κ1) is 6.54. The van der Waals surface area contributed by atoms with Crippen LogP contribution in [0.4, 0.5) is 0 Å². The van der Waals surface area contributed by atoms with E-state index in [4.69, 9.17) is 4.74 Å². The lowest BCUT2D eigenvalue weighted by atomic mass is 10.1. The van der Waals surface area contributed by atoms with Gasteiger partial charge in [0.1, 0.15) is 12.2 Å². The molecule has 2 heterocycles. The number of aliphatic hydroxyl groups is 2. The fraction of sp³-hybridized carbons (Fsp3) is 1.00. The molecule has 4 atom stereocenters. The third-order valence-corrected chi connectivity index (χ3v) is 2.15. The van der Waals surface area contributed by atoms with Crippen molar-refractivity contribution < 1.29 is 14.9 Å². The molecule has 0 unspecified atom stereocenters. The fourth-order valence-corrected chi connectivity index (χ4v) is 1.53. The SMILES string of the molecule is O[C@@H]1[C@H](O)[C@H]2CNC[C@@H]1O2. The number of aliphatic hydroxyl groups excluding tert-OH is 2. The number of ether oxygens (including phenoxy) is 1. The third kappa shape index (κ3) is 0.769. The van der Waals surface area contributed by atoms with E-state index in [-0.39, 0.29) is 12.2 Å². The molecule has 0 amide bonds. The van der Waals surface area contributed by atoms with E-state index < -0.39 is 12.2 Å². The van der Waals surface area contributed by atoms with Crippen molar-refractivity contribution in [1.29, 1.82) is 0 Å². The van der Waals surface area contributed by atoms with E-state index in [9.17, 15) is 10.2 Å². The lowest BCUT2D eigenvalue weighted by Crippen LogP contribution is -2.40. The van der Waals surface area contributed by atoms with Crippen molar-refractivity contribution in [3.8, 4) is 0 Å². The van der Waals surface area contributed by atoms with Crippen LogP contribution in [0.25, 0.3) is 0 Å². The van der Waals surface area contributed by atoms with E-state index >= 15 is 0 Å². The van der Waals surface area contributed by atoms with Gasteiger partial charge in [0.25, 0.3) is 0 Å². The summed E-state index contributed by atoms with van der Waals surface area (Å²) in [5.41, 5.74) is 0. The number of fused-ring (bicyclic) bond motifs is 2. The highest BCUT2D eigenvalue weighted by molar-refractivity contribution is 4.95. The topological polar surface area (TPSA) is 61.7 Å². The Kier molecular flexibility index (Phi) is 1.42. The molecule has 10 heavy (non-hydrogen) atoms. The summed E-state index contributed by atoms with van der Waals surface area (Å²) < 4.78 is 5.26. The molecule has 0 aromatic heterocycles. The Morgan fingerprint density at radius 3 is 2.00 bits per heavy atom. The summed E-state index contributed by atoms with van der Waals surface area (Å²) in [7, 11) is 0. The van der Waals surface area contributed by atoms with Crippen molar-refractivity contribution in [1.82, 2.24) is 5.32 Å². The molecule has 4 heteroatoms. The third-order valence-electron chi connectivity index (χ3n) is 2.15. The van der Waals surface area contributed by atoms with Gasteiger partial charge in [-0.1, -0.05) is 0 Å². The zero-order valence-electron chi connectivity index (χ0n) is 5.53. The van der Waals surface area contributed by atoms with Crippen molar-refractivity contribution in [3.05, 3.63) is 0 Å². The zero-order valence-corrected chi connectivity index (χ0v) is 5.53. The molecule has 2 bridgehead atoms. The Bertz CT molecular complexity index is 123. The molecule has 0 spiro atoms. The van der Waals surface area contributed by atoms with Crippen molar-refractivity contribution in [2.24, 2.45) is 0 Å². The van der Waals surface area contributed by atoms with Crippen LogP contribution in [-0.4, -0.2) is 47.7 Å². The molecular formula is C6H11NO3. The molecule has 2 rings (SSSR count). The predicted molar refractivity (Wildman–Crippen MR) is 33.5 cm³/mol. The van der Waals surface area contributed by atoms with E-state index in [2.05, 4.69) is 5.32 Å². The van der Waals surface area contributed by atoms with Crippen LogP contribution < -0.4 is 5.32 Å². The Morgan fingerprint density at radius 2 is 1.60 bits per heavy atom. The van der Waals surface area contributed by atoms with Gasteiger partial charge in [0.15, 0.2) is 0 Å². The Labute approximate surface area is 58.8 Å². The highest BCUT2D eigenvalue weighted by Crippen LogP contribution is 2.22. The second-order valence-corrected chi connectivity index (χ2v) is 2.85. The quantitative estimate of drug-likeness (QED) is 0.372. The zero-order chi connectivity index (χ0) is 7.14. The first-order chi connectivity index (χ1) is 4.79. The van der Waals surface area contributed by atoms with Gasteiger partial charge >= 0.3 is 0 Å². The minimum absolute atomic E-state index is 0.200. The lowest BCUT2D eigenvalue weighted by Gasteiger charge is -2.20. The average Bonchev–Trinajstić information content (AvgIpc) is 2.17. The molecule has 0 saturated carbocycles. The number of nitrogens with one attached hydrogen (secondary N) is 1. The van der Waals surface area contributed by atoms with Gasteiger partial charge in [-0.3, -0.25) is 0 Å². The smallest absolute Gasteiger partial charge is 0.110 e. The van der Waals surface area contributed by atoms with E-state index in [1.165, 1.54) is 0 Å². The maximum absolute atomic E-state index is 9.25. The van der Waals surface area contributed by atoms with Gasteiger partial charge < -0.3 is 20.3 Å². The maximum atomic E-state index is 9.25. The summed E-state index contributed by atoms with van der Waals surface area (Å²) in [5, 5.41) is 21.6. The minimum Gasteiger partial charge on any atom is -0.388 e. The Hall–Kier alpha value is -0.160. The number of rotatable bonds is 0. The second-order valence-electron chi connectivity index (χ2n) is 2.85. The predicted octanol–water partition coefficient (Wildman–Crippen LogP) is -1.92. The van der Waals surface area contributed by atoms with Crippen LogP contribution in [0, 0.1) is 0 Å². The monoisotopic (exact) mass is 145 g/mol. The van der Waals surface area contributed by atoms with Crippen molar-refractivity contribution in [3.63, 3.8) is 0 Å². The van der Waals surface area contributed by atoms with Crippen LogP contribution in [0.2, 0.25) is 0 Å². The molecule has 3 N–H and O–H groups in total. The number of hydrogen-bond donors (Lipinski definition) is 3. The highest BCUT2D eigenvalue weighted by atomic mass is 16.5. The van der Waals surface area contributed by atoms with Gasteiger partial charge in [-0.15, -0.1) is 0 Å².